The molecule has 0 aliphatic rings. The van der Waals surface area contributed by atoms with Crippen LogP contribution >= 0.6 is 22.7 Å². The molecule has 0 amide bonds. The number of anilines is 4. The summed E-state index contributed by atoms with van der Waals surface area (Å²) in [6.45, 7) is 0. The van der Waals surface area contributed by atoms with Gasteiger partial charge in [-0.25, -0.2) is 0 Å². The summed E-state index contributed by atoms with van der Waals surface area (Å²) in [7, 11) is 14.4. The number of rotatable bonds is 8. The van der Waals surface area contributed by atoms with Crippen LogP contribution in [-0.2, 0) is 24.5 Å². The van der Waals surface area contributed by atoms with Gasteiger partial charge in [0.15, 0.2) is 0 Å². The zero-order valence-corrected chi connectivity index (χ0v) is 29.3. The van der Waals surface area contributed by atoms with Gasteiger partial charge in [0, 0.05) is 78.2 Å². The number of hydrogen-bond donors (Lipinski definition) is 0. The van der Waals surface area contributed by atoms with E-state index in [-0.39, 0.29) is 0 Å². The SMILES string of the molecule is CN(C)c1ccc(N=Nc2sc(N(C)C)n[n+]2C)cc1.CN(C)c1ccc(N=Nc2sc(N(C)C)n[n+]2C)cc1.O=S(=O)([O-])[O-]. The molecule has 45 heavy (non-hydrogen) atoms. The van der Waals surface area contributed by atoms with Gasteiger partial charge in [0.25, 0.3) is 0 Å². The van der Waals surface area contributed by atoms with Crippen molar-refractivity contribution < 1.29 is 26.9 Å². The molecule has 2 aromatic carbocycles. The van der Waals surface area contributed by atoms with Crippen molar-refractivity contribution >= 4 is 76.3 Å². The minimum Gasteiger partial charge on any atom is -0.759 e. The highest BCUT2D eigenvalue weighted by molar-refractivity contribution is 7.79. The van der Waals surface area contributed by atoms with Crippen molar-refractivity contribution in [2.75, 3.05) is 76.0 Å². The number of azo groups is 2. The molecule has 16 nitrogen and oxygen atoms in total. The van der Waals surface area contributed by atoms with E-state index in [1.54, 1.807) is 9.36 Å². The average Bonchev–Trinajstić information content (AvgIpc) is 3.52. The van der Waals surface area contributed by atoms with E-state index in [0.717, 1.165) is 43.3 Å². The Kier molecular flexibility index (Phi) is 13.8. The first-order chi connectivity index (χ1) is 20.9. The summed E-state index contributed by atoms with van der Waals surface area (Å²) in [5, 5.41) is 29.1. The number of hydrogen-bond acceptors (Lipinski definition) is 16. The van der Waals surface area contributed by atoms with Crippen LogP contribution in [0.2, 0.25) is 0 Å². The molecule has 0 saturated carbocycles. The summed E-state index contributed by atoms with van der Waals surface area (Å²) in [6, 6.07) is 15.9. The molecule has 19 heteroatoms. The van der Waals surface area contributed by atoms with Crippen molar-refractivity contribution in [3.05, 3.63) is 48.5 Å². The number of nitrogens with zero attached hydrogens (tertiary/aromatic N) is 12. The van der Waals surface area contributed by atoms with Gasteiger partial charge in [0.2, 0.25) is 10.3 Å². The van der Waals surface area contributed by atoms with Crippen molar-refractivity contribution in [2.45, 2.75) is 0 Å². The van der Waals surface area contributed by atoms with E-state index in [1.165, 1.54) is 22.7 Å². The van der Waals surface area contributed by atoms with Gasteiger partial charge in [0.05, 0.1) is 10.2 Å². The van der Waals surface area contributed by atoms with Gasteiger partial charge in [-0.3, -0.25) is 8.42 Å². The lowest BCUT2D eigenvalue weighted by Crippen LogP contribution is -2.30. The van der Waals surface area contributed by atoms with Gasteiger partial charge >= 0.3 is 10.3 Å². The van der Waals surface area contributed by atoms with E-state index in [1.807, 2.05) is 139 Å². The van der Waals surface area contributed by atoms with E-state index < -0.39 is 10.4 Å². The van der Waals surface area contributed by atoms with E-state index in [0.29, 0.717) is 0 Å². The molecule has 4 rings (SSSR count). The molecule has 0 aliphatic heterocycles. The lowest BCUT2D eigenvalue weighted by Gasteiger charge is -2.11. The highest BCUT2D eigenvalue weighted by Gasteiger charge is 2.17. The van der Waals surface area contributed by atoms with E-state index >= 15 is 0 Å². The Balaban J connectivity index is 0.000000273. The van der Waals surface area contributed by atoms with E-state index in [9.17, 15) is 0 Å². The topological polar surface area (TPSA) is 176 Å². The van der Waals surface area contributed by atoms with Crippen LogP contribution in [0.25, 0.3) is 0 Å². The fourth-order valence-electron chi connectivity index (χ4n) is 3.05. The first kappa shape index (κ1) is 37.0. The van der Waals surface area contributed by atoms with Crippen LogP contribution in [0.1, 0.15) is 0 Å². The Morgan fingerprint density at radius 2 is 0.867 bits per heavy atom. The van der Waals surface area contributed by atoms with Crippen molar-refractivity contribution in [2.24, 2.45) is 34.6 Å². The Bertz CT molecular complexity index is 1550. The maximum Gasteiger partial charge on any atom is 0.431 e. The second-order valence-corrected chi connectivity index (χ2v) is 12.7. The molecule has 0 radical (unpaired) electrons. The van der Waals surface area contributed by atoms with E-state index in [4.69, 9.17) is 17.5 Å². The predicted molar refractivity (Wildman–Crippen MR) is 176 cm³/mol. The molecular weight excluding hydrogens is 641 g/mol. The molecule has 0 aliphatic carbocycles. The summed E-state index contributed by atoms with van der Waals surface area (Å²) < 4.78 is 37.6. The predicted octanol–water partition coefficient (Wildman–Crippen LogP) is 3.69. The fraction of sp³-hybridized carbons (Fsp3) is 0.385. The third-order valence-corrected chi connectivity index (χ3v) is 7.70. The molecule has 4 aromatic rings. The highest BCUT2D eigenvalue weighted by Crippen LogP contribution is 2.27. The van der Waals surface area contributed by atoms with Crippen LogP contribution in [0.4, 0.5) is 43.3 Å². The van der Waals surface area contributed by atoms with Crippen LogP contribution in [-0.4, -0.2) is 84.1 Å². The second-order valence-electron chi connectivity index (χ2n) is 10.0. The Morgan fingerprint density at radius 3 is 1.09 bits per heavy atom. The molecule has 0 spiro atoms. The lowest BCUT2D eigenvalue weighted by molar-refractivity contribution is -0.712. The standard InChI is InChI=1S/2C13H19N6S.H2O4S/c2*1-17(2)11-8-6-10(7-9-11)14-15-12-19(5)16-13(20-12)18(3)4;1-5(2,3)4/h2*6-9H,1-5H3;(H2,1,2,3,4)/q2*+1;/p-2. The summed E-state index contributed by atoms with van der Waals surface area (Å²) >= 11 is 3.01. The molecule has 0 atom stereocenters. The summed E-state index contributed by atoms with van der Waals surface area (Å²) in [4.78, 5) is 8.01. The third-order valence-electron chi connectivity index (χ3n) is 5.39. The molecule has 0 saturated heterocycles. The van der Waals surface area contributed by atoms with Gasteiger partial charge in [-0.15, -0.1) is 9.36 Å². The number of benzene rings is 2. The second kappa shape index (κ2) is 16.8. The summed E-state index contributed by atoms with van der Waals surface area (Å²) in [5.41, 5.74) is 3.94. The number of aromatic nitrogens is 4. The van der Waals surface area contributed by atoms with Gasteiger partial charge in [-0.2, -0.15) is 0 Å². The normalized spacial score (nSPS) is 11.1. The minimum absolute atomic E-state index is 0.769. The van der Waals surface area contributed by atoms with Crippen LogP contribution in [0, 0.1) is 0 Å². The lowest BCUT2D eigenvalue weighted by atomic mass is 10.3. The van der Waals surface area contributed by atoms with Crippen molar-refractivity contribution in [3.63, 3.8) is 0 Å². The summed E-state index contributed by atoms with van der Waals surface area (Å²) in [6.07, 6.45) is 0. The molecule has 0 bridgehead atoms. The first-order valence-electron chi connectivity index (χ1n) is 13.1. The monoisotopic (exact) mass is 678 g/mol. The van der Waals surface area contributed by atoms with Gasteiger partial charge < -0.3 is 28.7 Å². The molecule has 2 heterocycles. The minimum atomic E-state index is -5.17. The van der Waals surface area contributed by atoms with Gasteiger partial charge in [-0.1, -0.05) is 10.2 Å². The van der Waals surface area contributed by atoms with E-state index in [2.05, 4.69) is 30.7 Å². The van der Waals surface area contributed by atoms with Crippen LogP contribution in [0.5, 0.6) is 0 Å². The Morgan fingerprint density at radius 1 is 0.578 bits per heavy atom. The quantitative estimate of drug-likeness (QED) is 0.116. The molecule has 0 unspecified atom stereocenters. The van der Waals surface area contributed by atoms with Crippen LogP contribution in [0.15, 0.2) is 69.0 Å². The zero-order chi connectivity index (χ0) is 33.9. The van der Waals surface area contributed by atoms with Crippen molar-refractivity contribution in [1.29, 1.82) is 0 Å². The fourth-order valence-corrected chi connectivity index (χ4v) is 4.57. The smallest absolute Gasteiger partial charge is 0.431 e. The number of aryl methyl sites for hydroxylation is 2. The maximum absolute atomic E-state index is 8.52. The highest BCUT2D eigenvalue weighted by atomic mass is 32.3. The molecular formula is C26H38N12O4S3. The van der Waals surface area contributed by atoms with Crippen LogP contribution < -0.4 is 29.0 Å². The first-order valence-corrected chi connectivity index (χ1v) is 16.0. The average molecular weight is 679 g/mol. The third kappa shape index (κ3) is 13.2. The van der Waals surface area contributed by atoms with Crippen molar-refractivity contribution in [1.82, 2.24) is 10.2 Å². The van der Waals surface area contributed by atoms with Gasteiger partial charge in [-0.05, 0) is 81.4 Å². The molecule has 0 fully saturated rings. The Labute approximate surface area is 271 Å². The van der Waals surface area contributed by atoms with Gasteiger partial charge in [0.1, 0.15) is 25.5 Å². The Hall–Kier alpha value is -4.17. The molecule has 0 N–H and O–H groups in total. The molecule has 244 valence electrons. The van der Waals surface area contributed by atoms with Crippen LogP contribution in [0.3, 0.4) is 0 Å². The maximum atomic E-state index is 8.52. The zero-order valence-electron chi connectivity index (χ0n) is 26.8. The molecule has 2 aromatic heterocycles. The van der Waals surface area contributed by atoms with Crippen molar-refractivity contribution in [3.8, 4) is 0 Å². The largest absolute Gasteiger partial charge is 0.759 e. The summed E-state index contributed by atoms with van der Waals surface area (Å²) in [5.74, 6) is 0.